The molecule has 16 heavy (non-hydrogen) atoms. The Bertz CT molecular complexity index is 326. The van der Waals surface area contributed by atoms with Crippen molar-refractivity contribution in [3.05, 3.63) is 30.1 Å². The van der Waals surface area contributed by atoms with Crippen LogP contribution in [0.25, 0.3) is 0 Å². The maximum Gasteiger partial charge on any atom is 0.253 e. The quantitative estimate of drug-likeness (QED) is 0.811. The van der Waals surface area contributed by atoms with Crippen LogP contribution in [0.1, 0.15) is 24.2 Å². The lowest BCUT2D eigenvalue weighted by Crippen LogP contribution is -2.36. The molecule has 0 aliphatic heterocycles. The Morgan fingerprint density at radius 1 is 1.50 bits per heavy atom. The molecule has 0 radical (unpaired) electrons. The van der Waals surface area contributed by atoms with Crippen molar-refractivity contribution < 1.29 is 4.79 Å². The second kappa shape index (κ2) is 6.23. The Kier molecular flexibility index (Phi) is 4.92. The van der Waals surface area contributed by atoms with E-state index >= 15 is 0 Å². The van der Waals surface area contributed by atoms with Gasteiger partial charge in [0.2, 0.25) is 0 Å². The lowest BCUT2D eigenvalue weighted by atomic mass is 10.1. The summed E-state index contributed by atoms with van der Waals surface area (Å²) in [6.07, 6.45) is 3.26. The van der Waals surface area contributed by atoms with Crippen molar-refractivity contribution in [1.29, 1.82) is 0 Å². The summed E-state index contributed by atoms with van der Waals surface area (Å²) in [5, 5.41) is 0. The summed E-state index contributed by atoms with van der Waals surface area (Å²) >= 11 is 0. The van der Waals surface area contributed by atoms with Crippen molar-refractivity contribution in [2.24, 2.45) is 11.7 Å². The average molecular weight is 221 g/mol. The van der Waals surface area contributed by atoms with Gasteiger partial charge in [0.1, 0.15) is 0 Å². The van der Waals surface area contributed by atoms with E-state index in [0.29, 0.717) is 31.1 Å². The molecular formula is C12H19N3O. The van der Waals surface area contributed by atoms with Crippen LogP contribution in [-0.2, 0) is 0 Å². The Morgan fingerprint density at radius 3 is 2.62 bits per heavy atom. The lowest BCUT2D eigenvalue weighted by molar-refractivity contribution is 0.0743. The van der Waals surface area contributed by atoms with Crippen molar-refractivity contribution in [2.75, 3.05) is 19.6 Å². The van der Waals surface area contributed by atoms with Crippen LogP contribution in [0.15, 0.2) is 24.5 Å². The molecule has 88 valence electrons. The Hall–Kier alpha value is -1.42. The first-order valence-corrected chi connectivity index (χ1v) is 5.58. The summed E-state index contributed by atoms with van der Waals surface area (Å²) in [6.45, 7) is 6.02. The molecule has 1 rings (SSSR count). The van der Waals surface area contributed by atoms with E-state index in [9.17, 15) is 4.79 Å². The van der Waals surface area contributed by atoms with Crippen molar-refractivity contribution in [3.8, 4) is 0 Å². The predicted octanol–water partition coefficient (Wildman–Crippen LogP) is 1.14. The summed E-state index contributed by atoms with van der Waals surface area (Å²) in [5.74, 6) is 0.371. The largest absolute Gasteiger partial charge is 0.339 e. The molecule has 4 heteroatoms. The molecule has 0 aliphatic carbocycles. The normalized spacial score (nSPS) is 12.2. The molecule has 1 aromatic heterocycles. The highest BCUT2D eigenvalue weighted by atomic mass is 16.2. The first-order chi connectivity index (χ1) is 7.69. The zero-order valence-electron chi connectivity index (χ0n) is 9.89. The summed E-state index contributed by atoms with van der Waals surface area (Å²) < 4.78 is 0. The molecule has 1 amide bonds. The highest BCUT2D eigenvalue weighted by Crippen LogP contribution is 2.06. The number of hydrogen-bond acceptors (Lipinski definition) is 3. The standard InChI is InChI=1S/C12H19N3O/c1-3-15(9-10(2)8-13)12(16)11-4-6-14-7-5-11/h4-7,10H,3,8-9,13H2,1-2H3. The van der Waals surface area contributed by atoms with Gasteiger partial charge in [0.25, 0.3) is 5.91 Å². The zero-order chi connectivity index (χ0) is 12.0. The van der Waals surface area contributed by atoms with Crippen LogP contribution in [-0.4, -0.2) is 35.4 Å². The van der Waals surface area contributed by atoms with E-state index < -0.39 is 0 Å². The fourth-order valence-electron chi connectivity index (χ4n) is 1.48. The van der Waals surface area contributed by atoms with E-state index in [0.717, 1.165) is 0 Å². The highest BCUT2D eigenvalue weighted by molar-refractivity contribution is 5.94. The van der Waals surface area contributed by atoms with E-state index in [-0.39, 0.29) is 5.91 Å². The number of nitrogens with two attached hydrogens (primary N) is 1. The van der Waals surface area contributed by atoms with Gasteiger partial charge >= 0.3 is 0 Å². The fourth-order valence-corrected chi connectivity index (χ4v) is 1.48. The minimum atomic E-state index is 0.0465. The third-order valence-electron chi connectivity index (χ3n) is 2.53. The molecule has 0 fully saturated rings. The minimum Gasteiger partial charge on any atom is -0.339 e. The molecule has 0 saturated carbocycles. The minimum absolute atomic E-state index is 0.0465. The molecule has 0 aromatic carbocycles. The van der Waals surface area contributed by atoms with Gasteiger partial charge in [-0.2, -0.15) is 0 Å². The second-order valence-corrected chi connectivity index (χ2v) is 3.92. The van der Waals surface area contributed by atoms with Gasteiger partial charge in [0.15, 0.2) is 0 Å². The molecule has 1 unspecified atom stereocenters. The molecule has 1 atom stereocenters. The van der Waals surface area contributed by atoms with E-state index in [1.807, 2.05) is 18.7 Å². The SMILES string of the molecule is CCN(CC(C)CN)C(=O)c1ccncc1. The maximum atomic E-state index is 12.1. The zero-order valence-corrected chi connectivity index (χ0v) is 9.89. The van der Waals surface area contributed by atoms with Crippen LogP contribution in [0, 0.1) is 5.92 Å². The molecule has 1 heterocycles. The van der Waals surface area contributed by atoms with Crippen LogP contribution in [0.5, 0.6) is 0 Å². The first kappa shape index (κ1) is 12.6. The topological polar surface area (TPSA) is 59.2 Å². The van der Waals surface area contributed by atoms with Crippen molar-refractivity contribution >= 4 is 5.91 Å². The van der Waals surface area contributed by atoms with Gasteiger partial charge in [-0.25, -0.2) is 0 Å². The summed E-state index contributed by atoms with van der Waals surface area (Å²) in [4.78, 5) is 17.8. The monoisotopic (exact) mass is 221 g/mol. The smallest absolute Gasteiger partial charge is 0.253 e. The average Bonchev–Trinajstić information content (AvgIpc) is 2.35. The van der Waals surface area contributed by atoms with Crippen LogP contribution in [0.2, 0.25) is 0 Å². The van der Waals surface area contributed by atoms with Gasteiger partial charge in [0.05, 0.1) is 0 Å². The van der Waals surface area contributed by atoms with Crippen LogP contribution >= 0.6 is 0 Å². The van der Waals surface area contributed by atoms with Gasteiger partial charge in [-0.15, -0.1) is 0 Å². The number of amides is 1. The van der Waals surface area contributed by atoms with Crippen LogP contribution < -0.4 is 5.73 Å². The Labute approximate surface area is 96.5 Å². The third-order valence-corrected chi connectivity index (χ3v) is 2.53. The lowest BCUT2D eigenvalue weighted by Gasteiger charge is -2.23. The molecule has 4 nitrogen and oxygen atoms in total. The highest BCUT2D eigenvalue weighted by Gasteiger charge is 2.15. The number of carbonyl (C=O) groups is 1. The maximum absolute atomic E-state index is 12.1. The van der Waals surface area contributed by atoms with Crippen molar-refractivity contribution in [1.82, 2.24) is 9.88 Å². The third kappa shape index (κ3) is 3.31. The number of carbonyl (C=O) groups excluding carboxylic acids is 1. The predicted molar refractivity (Wildman–Crippen MR) is 64.0 cm³/mol. The van der Waals surface area contributed by atoms with Crippen LogP contribution in [0.4, 0.5) is 0 Å². The molecule has 0 saturated heterocycles. The van der Waals surface area contributed by atoms with E-state index in [2.05, 4.69) is 4.98 Å². The van der Waals surface area contributed by atoms with Gasteiger partial charge < -0.3 is 10.6 Å². The first-order valence-electron chi connectivity index (χ1n) is 5.58. The molecular weight excluding hydrogens is 202 g/mol. The Balaban J connectivity index is 2.70. The molecule has 0 aliphatic rings. The van der Waals surface area contributed by atoms with Crippen LogP contribution in [0.3, 0.4) is 0 Å². The van der Waals surface area contributed by atoms with Gasteiger partial charge in [0, 0.05) is 31.0 Å². The van der Waals surface area contributed by atoms with Crippen molar-refractivity contribution in [3.63, 3.8) is 0 Å². The summed E-state index contributed by atoms with van der Waals surface area (Å²) in [6, 6.07) is 3.47. The number of pyridine rings is 1. The summed E-state index contributed by atoms with van der Waals surface area (Å²) in [7, 11) is 0. The van der Waals surface area contributed by atoms with E-state index in [4.69, 9.17) is 5.73 Å². The van der Waals surface area contributed by atoms with E-state index in [1.165, 1.54) is 0 Å². The van der Waals surface area contributed by atoms with Crippen molar-refractivity contribution in [2.45, 2.75) is 13.8 Å². The van der Waals surface area contributed by atoms with E-state index in [1.54, 1.807) is 24.5 Å². The number of rotatable bonds is 5. The second-order valence-electron chi connectivity index (χ2n) is 3.92. The number of aromatic nitrogens is 1. The number of nitrogens with zero attached hydrogens (tertiary/aromatic N) is 2. The molecule has 0 bridgehead atoms. The molecule has 1 aromatic rings. The van der Waals surface area contributed by atoms with Gasteiger partial charge in [-0.05, 0) is 31.5 Å². The fraction of sp³-hybridized carbons (Fsp3) is 0.500. The van der Waals surface area contributed by atoms with Gasteiger partial charge in [-0.3, -0.25) is 9.78 Å². The Morgan fingerprint density at radius 2 is 2.12 bits per heavy atom. The molecule has 2 N–H and O–H groups in total. The number of hydrogen-bond donors (Lipinski definition) is 1. The molecule has 0 spiro atoms. The van der Waals surface area contributed by atoms with Gasteiger partial charge in [-0.1, -0.05) is 6.92 Å². The summed E-state index contributed by atoms with van der Waals surface area (Å²) in [5.41, 5.74) is 6.25.